The third-order valence-electron chi connectivity index (χ3n) is 19.6. The Labute approximate surface area is 735 Å². The number of nitrogens with zero attached hydrogens (tertiary/aromatic N) is 6. The highest BCUT2D eigenvalue weighted by atomic mass is 79.9. The summed E-state index contributed by atoms with van der Waals surface area (Å²) in [6.07, 6.45) is -10.00. The van der Waals surface area contributed by atoms with Gasteiger partial charge in [0, 0.05) is 23.1 Å². The molecule has 0 aliphatic heterocycles. The minimum absolute atomic E-state index is 0.00291. The normalized spacial score (nSPS) is 16.6. The maximum atomic E-state index is 13.1. The highest BCUT2D eigenvalue weighted by Gasteiger charge is 2.47. The Bertz CT molecular complexity index is 6170. The summed E-state index contributed by atoms with van der Waals surface area (Å²) in [5, 5.41) is 91.0. The van der Waals surface area contributed by atoms with Crippen molar-refractivity contribution in [2.75, 3.05) is 16.0 Å². The van der Waals surface area contributed by atoms with Gasteiger partial charge in [-0.2, -0.15) is 65.9 Å². The Hall–Kier alpha value is -12.0. The quantitative estimate of drug-likeness (QED) is 0.0430. The van der Waals surface area contributed by atoms with Gasteiger partial charge in [-0.15, -0.1) is 0 Å². The third kappa shape index (κ3) is 22.7. The lowest BCUT2D eigenvalue weighted by molar-refractivity contribution is -0.397. The third-order valence-corrected chi connectivity index (χ3v) is 25.2. The second kappa shape index (κ2) is 37.9. The number of carboxylic acids is 5. The molecule has 45 heteroatoms. The SMILES string of the molecule is Cc1cc(-c2c[nH+]c(C3(O)CCCc4cc(C(=O)O)ccc43)s2)nc(Nc2cc(C(F)(F)F)ccn2)c1Br.Cc1cc(Nc2cc(C(F)(F)F)ccn2)nc(-c2c[nH+]c(C3(O)CCCc4cc(C(=O)O)ccc43)s2)c1.Cc1cc(Nc2cc(C(F)(F)F)ccn2)nc(-c2c[nH+]c(C3(O)CCCc4cc(C(=O)O)ccc43)s2)c1Br.O=C([O-])C(F)(F)F.O=C([O-])C(F)(F)F. The number of H-pyrrole nitrogens is 3. The van der Waals surface area contributed by atoms with Gasteiger partial charge in [0.05, 0.1) is 49.2 Å². The molecule has 0 amide bonds. The van der Waals surface area contributed by atoms with Crippen molar-refractivity contribution < 1.29 is 146 Å². The number of nitrogens with one attached hydrogen (secondary N) is 6. The average molecular weight is 1970 g/mol. The van der Waals surface area contributed by atoms with Crippen LogP contribution in [0, 0.1) is 20.8 Å². The Morgan fingerprint density at radius 3 is 1.10 bits per heavy atom. The number of aryl methyl sites for hydroxylation is 6. The van der Waals surface area contributed by atoms with Gasteiger partial charge in [0.15, 0.2) is 35.4 Å². The van der Waals surface area contributed by atoms with E-state index < -0.39 is 94.2 Å². The first-order chi connectivity index (χ1) is 59.3. The first-order valence-electron chi connectivity index (χ1n) is 37.0. The number of thiazole rings is 3. The lowest BCUT2D eigenvalue weighted by atomic mass is 9.79. The topological polar surface area (TPSA) is 409 Å². The smallest absolute Gasteiger partial charge is 0.430 e. The number of carbonyl (C=O) groups excluding carboxylic acids is 2. The number of rotatable bonds is 15. The largest absolute Gasteiger partial charge is 0.542 e. The zero-order valence-electron chi connectivity index (χ0n) is 65.2. The van der Waals surface area contributed by atoms with Gasteiger partial charge >= 0.3 is 48.8 Å². The van der Waals surface area contributed by atoms with Crippen LogP contribution >= 0.6 is 65.9 Å². The second-order valence-corrected chi connectivity index (χ2v) is 33.3. The number of aromatic amines is 3. The van der Waals surface area contributed by atoms with Crippen LogP contribution in [-0.2, 0) is 64.2 Å². The molecule has 0 saturated heterocycles. The number of pyridine rings is 6. The Balaban J connectivity index is 0.000000171. The summed E-state index contributed by atoms with van der Waals surface area (Å²) in [7, 11) is 0. The second-order valence-electron chi connectivity index (χ2n) is 28.5. The van der Waals surface area contributed by atoms with Gasteiger partial charge in [0.1, 0.15) is 67.2 Å². The highest BCUT2D eigenvalue weighted by Crippen LogP contribution is 2.48. The minimum Gasteiger partial charge on any atom is -0.542 e. The van der Waals surface area contributed by atoms with Gasteiger partial charge in [-0.05, 0) is 258 Å². The number of fused-ring (bicyclic) bond motifs is 3. The number of aliphatic carboxylic acids is 2. The molecule has 12 aromatic rings. The van der Waals surface area contributed by atoms with Gasteiger partial charge in [-0.1, -0.05) is 52.2 Å². The summed E-state index contributed by atoms with van der Waals surface area (Å²) >= 11 is 10.9. The predicted molar refractivity (Wildman–Crippen MR) is 430 cm³/mol. The minimum atomic E-state index is -5.19. The maximum Gasteiger partial charge on any atom is 0.430 e. The van der Waals surface area contributed by atoms with Crippen LogP contribution in [-0.4, -0.2) is 103 Å². The fraction of sp³-hybridized carbons (Fsp3) is 0.244. The van der Waals surface area contributed by atoms with Crippen molar-refractivity contribution in [1.29, 1.82) is 0 Å². The summed E-state index contributed by atoms with van der Waals surface area (Å²) in [6, 6.07) is 26.8. The molecular formula is C82H64Br2F15N12O13S3+. The van der Waals surface area contributed by atoms with E-state index in [1.807, 2.05) is 32.9 Å². The number of halogens is 17. The standard InChI is InChI=1S/2C26H20BrF3N4O3S.C26H21F3N4O3S.2C2HF3O2/c1-13-9-20(33-19-11-16(6-8-31-19)26(28,29)30)34-22(21(13)27)18-12-32-24(38-18)25(37)7-2-3-14-10-15(23(35)36)4-5-17(14)25;1-13-9-18(33-22(21(13)27)34-20-11-16(6-8-31-20)26(28,29)30)19-12-32-24(38-19)25(37)7-2-3-14-10-15(23(35)36)4-5-17(14)25;1-14-9-19(32-22(10-14)33-21-12-17(6-8-30-21)26(27,28)29)20-13-31-24(37-20)25(36)7-2-3-15-11-16(23(34)35)4-5-18(15)25;2*3-2(4,5)1(6)7/h2*4-6,8-12,37H,2-3,7H2,1H3,(H,35,36)(H,31,33,34);4-6,8-13,36H,2-3,7H2,1H3,(H,34,35)(H,30,32,33);2*(H,6,7)/p+1. The summed E-state index contributed by atoms with van der Waals surface area (Å²) in [5.41, 5.74) is 2.56. The van der Waals surface area contributed by atoms with Crippen LogP contribution in [0.1, 0.15) is 151 Å². The van der Waals surface area contributed by atoms with E-state index in [-0.39, 0.29) is 34.1 Å². The van der Waals surface area contributed by atoms with E-state index in [1.165, 1.54) is 52.2 Å². The van der Waals surface area contributed by atoms with Crippen LogP contribution in [0.2, 0.25) is 0 Å². The van der Waals surface area contributed by atoms with Gasteiger partial charge in [0.25, 0.3) is 15.0 Å². The van der Waals surface area contributed by atoms with Crippen LogP contribution < -0.4 is 41.1 Å². The number of aliphatic hydroxyl groups is 3. The monoisotopic (exact) mass is 1960 g/mol. The number of alkyl halides is 15. The van der Waals surface area contributed by atoms with Crippen molar-refractivity contribution in [3.8, 4) is 31.7 Å². The fourth-order valence-electron chi connectivity index (χ4n) is 13.6. The Morgan fingerprint density at radius 1 is 0.417 bits per heavy atom. The molecule has 0 fully saturated rings. The van der Waals surface area contributed by atoms with Gasteiger partial charge < -0.3 is 66.4 Å². The molecule has 15 rings (SSSR count). The molecular weight excluding hydrogens is 1900 g/mol. The van der Waals surface area contributed by atoms with Crippen LogP contribution in [0.15, 0.2) is 161 Å². The van der Waals surface area contributed by atoms with E-state index in [4.69, 9.17) is 19.8 Å². The first kappa shape index (κ1) is 95.6. The van der Waals surface area contributed by atoms with E-state index in [0.29, 0.717) is 143 Å². The molecule has 25 nitrogen and oxygen atoms in total. The predicted octanol–water partition coefficient (Wildman–Crippen LogP) is 16.2. The molecule has 3 unspecified atom stereocenters. The molecule has 666 valence electrons. The number of carbonyl (C=O) groups is 5. The summed E-state index contributed by atoms with van der Waals surface area (Å²) < 4.78 is 182. The molecule has 0 spiro atoms. The molecule has 9 aromatic heterocycles. The van der Waals surface area contributed by atoms with Crippen molar-refractivity contribution in [2.24, 2.45) is 0 Å². The van der Waals surface area contributed by atoms with E-state index in [1.54, 1.807) is 67.1 Å². The first-order valence-corrected chi connectivity index (χ1v) is 41.0. The van der Waals surface area contributed by atoms with Gasteiger partial charge in [-0.3, -0.25) is 0 Å². The van der Waals surface area contributed by atoms with Crippen molar-refractivity contribution in [3.05, 3.63) is 260 Å². The number of hydrogen-bond donors (Lipinski definition) is 9. The van der Waals surface area contributed by atoms with E-state index in [0.717, 1.165) is 93.2 Å². The fourth-order valence-corrected chi connectivity index (χ4v) is 17.6. The van der Waals surface area contributed by atoms with Crippen LogP contribution in [0.3, 0.4) is 0 Å². The number of anilines is 6. The number of hydrogen-bond acceptors (Lipinski definition) is 22. The zero-order chi connectivity index (χ0) is 93.0. The molecule has 3 aromatic carbocycles. The van der Waals surface area contributed by atoms with Crippen LogP contribution in [0.5, 0.6) is 0 Å². The molecule has 0 radical (unpaired) electrons. The Morgan fingerprint density at radius 2 is 0.748 bits per heavy atom. The number of carboxylic acid groups (broad SMARTS) is 5. The van der Waals surface area contributed by atoms with E-state index in [2.05, 4.69) is 92.7 Å². The number of aromatic nitrogens is 9. The van der Waals surface area contributed by atoms with E-state index in [9.17, 15) is 111 Å². The van der Waals surface area contributed by atoms with Crippen molar-refractivity contribution in [2.45, 2.75) is 126 Å². The molecule has 3 aliphatic rings. The molecule has 0 bridgehead atoms. The van der Waals surface area contributed by atoms with Gasteiger partial charge in [-0.25, -0.2) is 59.2 Å². The maximum absolute atomic E-state index is 13.1. The average Bonchev–Trinajstić information content (AvgIpc) is 1.62. The number of aromatic carboxylic acids is 3. The van der Waals surface area contributed by atoms with Gasteiger partial charge in [0.2, 0.25) is 0 Å². The highest BCUT2D eigenvalue weighted by molar-refractivity contribution is 9.11. The summed E-state index contributed by atoms with van der Waals surface area (Å²) in [4.78, 5) is 89.1. The van der Waals surface area contributed by atoms with E-state index >= 15 is 0 Å². The molecule has 9 heterocycles. The lowest BCUT2D eigenvalue weighted by Crippen LogP contribution is -2.37. The van der Waals surface area contributed by atoms with Crippen molar-refractivity contribution in [3.63, 3.8) is 0 Å². The summed E-state index contributed by atoms with van der Waals surface area (Å²) in [6.45, 7) is 5.52. The zero-order valence-corrected chi connectivity index (χ0v) is 70.8. The molecule has 127 heavy (non-hydrogen) atoms. The Kier molecular flexibility index (Phi) is 28.5. The summed E-state index contributed by atoms with van der Waals surface area (Å²) in [5.74, 6) is -8.11. The molecule has 12 N–H and O–H groups in total. The molecule has 3 aliphatic carbocycles. The van der Waals surface area contributed by atoms with Crippen molar-refractivity contribution >= 4 is 131 Å². The number of benzene rings is 3. The lowest BCUT2D eigenvalue weighted by Gasteiger charge is -2.30. The van der Waals surface area contributed by atoms with Crippen LogP contribution in [0.4, 0.5) is 101 Å². The van der Waals surface area contributed by atoms with Crippen molar-refractivity contribution in [1.82, 2.24) is 29.9 Å². The molecule has 0 saturated carbocycles. The van der Waals surface area contributed by atoms with Crippen LogP contribution in [0.25, 0.3) is 31.7 Å². The molecule has 3 atom stereocenters.